The van der Waals surface area contributed by atoms with Crippen LogP contribution in [0.1, 0.15) is 35.7 Å². The van der Waals surface area contributed by atoms with Gasteiger partial charge in [-0.25, -0.2) is 0 Å². The summed E-state index contributed by atoms with van der Waals surface area (Å²) in [5.41, 5.74) is 1.51. The van der Waals surface area contributed by atoms with Crippen LogP contribution < -0.4 is 0 Å². The number of carbonyl (C=O) groups excluding carboxylic acids is 2. The van der Waals surface area contributed by atoms with Gasteiger partial charge in [0.25, 0.3) is 0 Å². The zero-order valence-electron chi connectivity index (χ0n) is 10.4. The molecule has 1 aromatic carbocycles. The molecule has 0 aliphatic rings. The first-order valence-electron chi connectivity index (χ1n) is 6.01. The molecule has 0 N–H and O–H groups in total. The maximum absolute atomic E-state index is 11.7. The highest BCUT2D eigenvalue weighted by molar-refractivity contribution is 6.18. The minimum absolute atomic E-state index is 0.0818. The van der Waals surface area contributed by atoms with Crippen molar-refractivity contribution in [2.45, 2.75) is 26.2 Å². The van der Waals surface area contributed by atoms with Gasteiger partial charge in [0.15, 0.2) is 5.78 Å². The third-order valence-corrected chi connectivity index (χ3v) is 2.73. The van der Waals surface area contributed by atoms with Gasteiger partial charge < -0.3 is 4.74 Å². The molecule has 0 saturated carbocycles. The Kier molecular flexibility index (Phi) is 6.44. The van der Waals surface area contributed by atoms with Gasteiger partial charge >= 0.3 is 5.97 Å². The fourth-order valence-corrected chi connectivity index (χ4v) is 1.69. The summed E-state index contributed by atoms with van der Waals surface area (Å²) in [4.78, 5) is 23.0. The fourth-order valence-electron chi connectivity index (χ4n) is 1.56. The number of ether oxygens (including phenoxy) is 1. The van der Waals surface area contributed by atoms with Crippen molar-refractivity contribution >= 4 is 23.4 Å². The van der Waals surface area contributed by atoms with E-state index in [0.29, 0.717) is 30.9 Å². The van der Waals surface area contributed by atoms with E-state index in [1.54, 1.807) is 31.2 Å². The van der Waals surface area contributed by atoms with Crippen LogP contribution in [0.3, 0.4) is 0 Å². The molecule has 0 spiro atoms. The van der Waals surface area contributed by atoms with E-state index in [2.05, 4.69) is 0 Å². The second-order valence-corrected chi connectivity index (χ2v) is 4.27. The Bertz CT molecular complexity index is 398. The molecule has 3 nitrogen and oxygen atoms in total. The number of esters is 1. The average Bonchev–Trinajstić information content (AvgIpc) is 2.37. The van der Waals surface area contributed by atoms with Crippen LogP contribution in [0.4, 0.5) is 0 Å². The number of hydrogen-bond acceptors (Lipinski definition) is 3. The van der Waals surface area contributed by atoms with Crippen molar-refractivity contribution in [3.05, 3.63) is 35.4 Å². The van der Waals surface area contributed by atoms with Crippen LogP contribution in [0.2, 0.25) is 0 Å². The summed E-state index contributed by atoms with van der Waals surface area (Å²) >= 11 is 5.54. The Hall–Kier alpha value is -1.35. The van der Waals surface area contributed by atoms with Gasteiger partial charge in [-0.1, -0.05) is 24.3 Å². The summed E-state index contributed by atoms with van der Waals surface area (Å²) < 4.78 is 4.86. The molecule has 0 aliphatic carbocycles. The van der Waals surface area contributed by atoms with E-state index in [1.807, 2.05) is 0 Å². The van der Waals surface area contributed by atoms with Gasteiger partial charge in [0.1, 0.15) is 0 Å². The van der Waals surface area contributed by atoms with Gasteiger partial charge in [-0.05, 0) is 18.9 Å². The lowest BCUT2D eigenvalue weighted by molar-refractivity contribution is -0.142. The molecular formula is C14H17ClO3. The van der Waals surface area contributed by atoms with Crippen molar-refractivity contribution in [2.24, 2.45) is 0 Å². The Morgan fingerprint density at radius 2 is 1.89 bits per heavy atom. The molecule has 98 valence electrons. The van der Waals surface area contributed by atoms with Crippen molar-refractivity contribution in [2.75, 3.05) is 12.5 Å². The second kappa shape index (κ2) is 7.88. The topological polar surface area (TPSA) is 43.4 Å². The summed E-state index contributed by atoms with van der Waals surface area (Å²) in [7, 11) is 0. The zero-order valence-corrected chi connectivity index (χ0v) is 11.2. The van der Waals surface area contributed by atoms with E-state index in [1.165, 1.54) is 0 Å². The highest BCUT2D eigenvalue weighted by Gasteiger charge is 2.07. The molecule has 0 aliphatic heterocycles. The van der Waals surface area contributed by atoms with Crippen molar-refractivity contribution < 1.29 is 14.3 Å². The van der Waals surface area contributed by atoms with Gasteiger partial charge in [0, 0.05) is 17.9 Å². The maximum Gasteiger partial charge on any atom is 0.310 e. The Morgan fingerprint density at radius 1 is 1.22 bits per heavy atom. The van der Waals surface area contributed by atoms with Gasteiger partial charge in [-0.3, -0.25) is 9.59 Å². The Morgan fingerprint density at radius 3 is 2.44 bits per heavy atom. The maximum atomic E-state index is 11.7. The van der Waals surface area contributed by atoms with Crippen LogP contribution >= 0.6 is 11.6 Å². The third kappa shape index (κ3) is 4.88. The molecule has 18 heavy (non-hydrogen) atoms. The highest BCUT2D eigenvalue weighted by atomic mass is 35.5. The predicted octanol–water partition coefficient (Wildman–Crippen LogP) is 2.99. The minimum Gasteiger partial charge on any atom is -0.466 e. The third-order valence-electron chi connectivity index (χ3n) is 2.47. The SMILES string of the molecule is CCOC(=O)Cc1ccc(C(=O)CCCCl)cc1. The standard InChI is InChI=1S/C14H17ClO3/c1-2-18-14(17)10-11-5-7-12(8-6-11)13(16)4-3-9-15/h5-8H,2-4,9-10H2,1H3. The van der Waals surface area contributed by atoms with E-state index < -0.39 is 0 Å². The first kappa shape index (κ1) is 14.7. The molecule has 1 rings (SSSR count). The molecule has 0 radical (unpaired) electrons. The Labute approximate surface area is 112 Å². The predicted molar refractivity (Wildman–Crippen MR) is 71.1 cm³/mol. The molecule has 0 heterocycles. The number of hydrogen-bond donors (Lipinski definition) is 0. The van der Waals surface area contributed by atoms with Gasteiger partial charge in [-0.2, -0.15) is 0 Å². The number of alkyl halides is 1. The zero-order chi connectivity index (χ0) is 13.4. The van der Waals surface area contributed by atoms with Crippen LogP contribution in [-0.4, -0.2) is 24.2 Å². The molecule has 0 bridgehead atoms. The smallest absolute Gasteiger partial charge is 0.310 e. The van der Waals surface area contributed by atoms with E-state index in [4.69, 9.17) is 16.3 Å². The van der Waals surface area contributed by atoms with Crippen LogP contribution in [-0.2, 0) is 16.0 Å². The number of carbonyl (C=O) groups is 2. The Balaban J connectivity index is 2.57. The second-order valence-electron chi connectivity index (χ2n) is 3.89. The normalized spacial score (nSPS) is 10.1. The van der Waals surface area contributed by atoms with Crippen molar-refractivity contribution in [1.82, 2.24) is 0 Å². The van der Waals surface area contributed by atoms with Gasteiger partial charge in [-0.15, -0.1) is 11.6 Å². The first-order valence-corrected chi connectivity index (χ1v) is 6.54. The molecule has 0 fully saturated rings. The molecule has 0 aromatic heterocycles. The van der Waals surface area contributed by atoms with Gasteiger partial charge in [0.05, 0.1) is 13.0 Å². The molecule has 0 saturated heterocycles. The molecule has 1 aromatic rings. The monoisotopic (exact) mass is 268 g/mol. The largest absolute Gasteiger partial charge is 0.466 e. The van der Waals surface area contributed by atoms with E-state index in [9.17, 15) is 9.59 Å². The van der Waals surface area contributed by atoms with Crippen LogP contribution in [0.15, 0.2) is 24.3 Å². The number of rotatable bonds is 7. The van der Waals surface area contributed by atoms with Gasteiger partial charge in [0.2, 0.25) is 0 Å². The molecule has 0 atom stereocenters. The molecule has 0 unspecified atom stereocenters. The van der Waals surface area contributed by atoms with Crippen LogP contribution in [0.5, 0.6) is 0 Å². The average molecular weight is 269 g/mol. The quantitative estimate of drug-likeness (QED) is 0.434. The number of benzene rings is 1. The van der Waals surface area contributed by atoms with Crippen molar-refractivity contribution in [3.8, 4) is 0 Å². The number of Topliss-reactive ketones (excluding diaryl/α,β-unsaturated/α-hetero) is 1. The van der Waals surface area contributed by atoms with Crippen molar-refractivity contribution in [3.63, 3.8) is 0 Å². The van der Waals surface area contributed by atoms with E-state index in [0.717, 1.165) is 5.56 Å². The molecule has 4 heteroatoms. The summed E-state index contributed by atoms with van der Waals surface area (Å²) in [6.45, 7) is 2.16. The number of ketones is 1. The lowest BCUT2D eigenvalue weighted by Crippen LogP contribution is -2.07. The summed E-state index contributed by atoms with van der Waals surface area (Å²) in [6.07, 6.45) is 1.38. The van der Waals surface area contributed by atoms with Crippen LogP contribution in [0.25, 0.3) is 0 Å². The molecule has 0 amide bonds. The summed E-state index contributed by atoms with van der Waals surface area (Å²) in [5, 5.41) is 0. The van der Waals surface area contributed by atoms with Crippen molar-refractivity contribution in [1.29, 1.82) is 0 Å². The highest BCUT2D eigenvalue weighted by Crippen LogP contribution is 2.09. The minimum atomic E-state index is -0.251. The van der Waals surface area contributed by atoms with E-state index in [-0.39, 0.29) is 18.2 Å². The first-order chi connectivity index (χ1) is 8.67. The van der Waals surface area contributed by atoms with E-state index >= 15 is 0 Å². The summed E-state index contributed by atoms with van der Waals surface area (Å²) in [5.74, 6) is 0.323. The summed E-state index contributed by atoms with van der Waals surface area (Å²) in [6, 6.07) is 7.05. The lowest BCUT2D eigenvalue weighted by Gasteiger charge is -2.03. The lowest BCUT2D eigenvalue weighted by atomic mass is 10.0. The fraction of sp³-hybridized carbons (Fsp3) is 0.429. The van der Waals surface area contributed by atoms with Crippen LogP contribution in [0, 0.1) is 0 Å². The molecular weight excluding hydrogens is 252 g/mol. The number of halogens is 1.